The molecule has 21 heavy (non-hydrogen) atoms. The third kappa shape index (κ3) is 3.45. The molecule has 112 valence electrons. The van der Waals surface area contributed by atoms with Gasteiger partial charge in [-0.2, -0.15) is 0 Å². The van der Waals surface area contributed by atoms with Crippen LogP contribution in [-0.4, -0.2) is 13.6 Å². The minimum atomic E-state index is 0.216. The molecule has 2 rings (SSSR count). The van der Waals surface area contributed by atoms with Crippen molar-refractivity contribution in [3.05, 3.63) is 65.2 Å². The zero-order valence-electron chi connectivity index (χ0n) is 13.3. The average molecular weight is 282 g/mol. The van der Waals surface area contributed by atoms with E-state index < -0.39 is 0 Å². The minimum Gasteiger partial charge on any atom is -0.366 e. The Hall–Kier alpha value is -1.80. The summed E-state index contributed by atoms with van der Waals surface area (Å²) in [5.41, 5.74) is 11.4. The van der Waals surface area contributed by atoms with Crippen LogP contribution in [-0.2, 0) is 12.8 Å². The molecule has 2 aromatic rings. The van der Waals surface area contributed by atoms with Gasteiger partial charge in [0.25, 0.3) is 0 Å². The number of hydrogen-bond donors (Lipinski definition) is 1. The molecule has 0 aliphatic heterocycles. The van der Waals surface area contributed by atoms with Crippen LogP contribution in [0.2, 0.25) is 0 Å². The molecule has 0 fully saturated rings. The van der Waals surface area contributed by atoms with Gasteiger partial charge in [0, 0.05) is 19.3 Å². The van der Waals surface area contributed by atoms with E-state index in [-0.39, 0.29) is 6.04 Å². The fourth-order valence-electron chi connectivity index (χ4n) is 2.82. The van der Waals surface area contributed by atoms with Gasteiger partial charge in [0.1, 0.15) is 0 Å². The summed E-state index contributed by atoms with van der Waals surface area (Å²) >= 11 is 0. The van der Waals surface area contributed by atoms with Crippen LogP contribution in [0.15, 0.2) is 48.5 Å². The van der Waals surface area contributed by atoms with Crippen LogP contribution >= 0.6 is 0 Å². The number of benzene rings is 2. The maximum atomic E-state index is 6.08. The highest BCUT2D eigenvalue weighted by Crippen LogP contribution is 2.27. The Morgan fingerprint density at radius 3 is 2.19 bits per heavy atom. The zero-order valence-corrected chi connectivity index (χ0v) is 13.3. The highest BCUT2D eigenvalue weighted by atomic mass is 15.1. The van der Waals surface area contributed by atoms with E-state index in [0.29, 0.717) is 6.54 Å². The van der Waals surface area contributed by atoms with E-state index in [4.69, 9.17) is 5.73 Å². The van der Waals surface area contributed by atoms with Crippen LogP contribution in [0, 0.1) is 0 Å². The molecule has 0 amide bonds. The van der Waals surface area contributed by atoms with Crippen molar-refractivity contribution in [3.8, 4) is 0 Å². The van der Waals surface area contributed by atoms with Gasteiger partial charge in [0.2, 0.25) is 0 Å². The van der Waals surface area contributed by atoms with Gasteiger partial charge in [0.05, 0.1) is 6.04 Å². The van der Waals surface area contributed by atoms with Gasteiger partial charge in [-0.1, -0.05) is 50.2 Å². The molecule has 0 aliphatic carbocycles. The summed E-state index contributed by atoms with van der Waals surface area (Å²) in [5.74, 6) is 0. The fraction of sp³-hybridized carbons (Fsp3) is 0.368. The van der Waals surface area contributed by atoms with Crippen LogP contribution in [0.25, 0.3) is 0 Å². The summed E-state index contributed by atoms with van der Waals surface area (Å²) in [7, 11) is 2.13. The number of rotatable bonds is 6. The third-order valence-corrected chi connectivity index (χ3v) is 4.24. The second-order valence-electron chi connectivity index (χ2n) is 5.43. The minimum absolute atomic E-state index is 0.216. The lowest BCUT2D eigenvalue weighted by Crippen LogP contribution is -2.31. The number of likely N-dealkylation sites (N-methyl/N-ethyl adjacent to an activating group) is 1. The van der Waals surface area contributed by atoms with E-state index in [1.165, 1.54) is 22.4 Å². The van der Waals surface area contributed by atoms with Gasteiger partial charge in [-0.25, -0.2) is 0 Å². The Kier molecular flexibility index (Phi) is 5.40. The quantitative estimate of drug-likeness (QED) is 0.869. The first kappa shape index (κ1) is 15.6. The van der Waals surface area contributed by atoms with E-state index in [9.17, 15) is 0 Å². The lowest BCUT2D eigenvalue weighted by atomic mass is 9.97. The zero-order chi connectivity index (χ0) is 15.2. The molecule has 0 saturated heterocycles. The number of hydrogen-bond acceptors (Lipinski definition) is 2. The Balaban J connectivity index is 2.31. The smallest absolute Gasteiger partial charge is 0.0664 e. The standard InChI is InChI=1S/C19H26N2/c1-4-15-10-12-17(13-11-15)21(3)19(14-20)18-9-7-6-8-16(18)5-2/h6-13,19H,4-5,14,20H2,1-3H3. The predicted octanol–water partition coefficient (Wildman–Crippen LogP) is 3.95. The first-order valence-electron chi connectivity index (χ1n) is 7.80. The van der Waals surface area contributed by atoms with Crippen molar-refractivity contribution in [1.82, 2.24) is 0 Å². The summed E-state index contributed by atoms with van der Waals surface area (Å²) in [4.78, 5) is 2.29. The molecule has 0 spiro atoms. The maximum Gasteiger partial charge on any atom is 0.0664 e. The number of nitrogens with two attached hydrogens (primary N) is 1. The maximum absolute atomic E-state index is 6.08. The summed E-state index contributed by atoms with van der Waals surface area (Å²) in [6.07, 6.45) is 2.11. The van der Waals surface area contributed by atoms with E-state index >= 15 is 0 Å². The molecule has 1 unspecified atom stereocenters. The summed E-state index contributed by atoms with van der Waals surface area (Å²) in [6, 6.07) is 17.6. The highest BCUT2D eigenvalue weighted by Gasteiger charge is 2.18. The lowest BCUT2D eigenvalue weighted by molar-refractivity contribution is 0.673. The van der Waals surface area contributed by atoms with Crippen molar-refractivity contribution >= 4 is 5.69 Å². The molecule has 0 saturated carbocycles. The molecular weight excluding hydrogens is 256 g/mol. The molecule has 0 aliphatic rings. The Morgan fingerprint density at radius 2 is 1.62 bits per heavy atom. The van der Waals surface area contributed by atoms with Gasteiger partial charge in [-0.15, -0.1) is 0 Å². The van der Waals surface area contributed by atoms with E-state index in [0.717, 1.165) is 12.8 Å². The summed E-state index contributed by atoms with van der Waals surface area (Å²) in [5, 5.41) is 0. The van der Waals surface area contributed by atoms with E-state index in [2.05, 4.69) is 74.3 Å². The predicted molar refractivity (Wildman–Crippen MR) is 91.8 cm³/mol. The van der Waals surface area contributed by atoms with Gasteiger partial charge < -0.3 is 10.6 Å². The molecule has 0 heterocycles. The molecule has 2 heteroatoms. The number of aryl methyl sites for hydroxylation is 2. The molecule has 2 aromatic carbocycles. The van der Waals surface area contributed by atoms with Crippen LogP contribution in [0.3, 0.4) is 0 Å². The average Bonchev–Trinajstić information content (AvgIpc) is 2.56. The Labute approximate surface area is 128 Å². The molecule has 1 atom stereocenters. The van der Waals surface area contributed by atoms with E-state index in [1.54, 1.807) is 0 Å². The Morgan fingerprint density at radius 1 is 0.952 bits per heavy atom. The monoisotopic (exact) mass is 282 g/mol. The largest absolute Gasteiger partial charge is 0.366 e. The molecular formula is C19H26N2. The van der Waals surface area contributed by atoms with Crippen molar-refractivity contribution in [2.24, 2.45) is 5.73 Å². The third-order valence-electron chi connectivity index (χ3n) is 4.24. The summed E-state index contributed by atoms with van der Waals surface area (Å²) in [6.45, 7) is 4.99. The van der Waals surface area contributed by atoms with Crippen LogP contribution in [0.1, 0.15) is 36.6 Å². The fourth-order valence-corrected chi connectivity index (χ4v) is 2.82. The summed E-state index contributed by atoms with van der Waals surface area (Å²) < 4.78 is 0. The van der Waals surface area contributed by atoms with E-state index in [1.807, 2.05) is 0 Å². The van der Waals surface area contributed by atoms with Gasteiger partial charge in [-0.3, -0.25) is 0 Å². The van der Waals surface area contributed by atoms with Crippen molar-refractivity contribution in [2.45, 2.75) is 32.7 Å². The van der Waals surface area contributed by atoms with Gasteiger partial charge in [-0.05, 0) is 41.7 Å². The second kappa shape index (κ2) is 7.28. The first-order valence-corrected chi connectivity index (χ1v) is 7.80. The van der Waals surface area contributed by atoms with Gasteiger partial charge >= 0.3 is 0 Å². The molecule has 2 nitrogen and oxygen atoms in total. The topological polar surface area (TPSA) is 29.3 Å². The number of anilines is 1. The van der Waals surface area contributed by atoms with Crippen LogP contribution < -0.4 is 10.6 Å². The normalized spacial score (nSPS) is 12.2. The number of nitrogens with zero attached hydrogens (tertiary/aromatic N) is 1. The molecule has 0 radical (unpaired) electrons. The van der Waals surface area contributed by atoms with Crippen molar-refractivity contribution < 1.29 is 0 Å². The van der Waals surface area contributed by atoms with Crippen molar-refractivity contribution in [1.29, 1.82) is 0 Å². The van der Waals surface area contributed by atoms with Crippen molar-refractivity contribution in [2.75, 3.05) is 18.5 Å². The highest BCUT2D eigenvalue weighted by molar-refractivity contribution is 5.50. The van der Waals surface area contributed by atoms with Crippen LogP contribution in [0.4, 0.5) is 5.69 Å². The van der Waals surface area contributed by atoms with Crippen molar-refractivity contribution in [3.63, 3.8) is 0 Å². The lowest BCUT2D eigenvalue weighted by Gasteiger charge is -2.31. The second-order valence-corrected chi connectivity index (χ2v) is 5.43. The molecule has 0 aromatic heterocycles. The first-order chi connectivity index (χ1) is 10.2. The molecule has 0 bridgehead atoms. The molecule has 2 N–H and O–H groups in total. The van der Waals surface area contributed by atoms with Crippen LogP contribution in [0.5, 0.6) is 0 Å². The Bertz CT molecular complexity index is 560. The SMILES string of the molecule is CCc1ccc(N(C)C(CN)c2ccccc2CC)cc1. The van der Waals surface area contributed by atoms with Gasteiger partial charge in [0.15, 0.2) is 0 Å².